The number of hydrogen-bond donors (Lipinski definition) is 0. The van der Waals surface area contributed by atoms with Gasteiger partial charge in [0.25, 0.3) is 0 Å². The number of carbonyl (C=O) groups excluding carboxylic acids is 1. The van der Waals surface area contributed by atoms with E-state index < -0.39 is 12.8 Å². The van der Waals surface area contributed by atoms with Gasteiger partial charge in [-0.2, -0.15) is 0 Å². The highest BCUT2D eigenvalue weighted by Crippen LogP contribution is 2.62. The van der Waals surface area contributed by atoms with Gasteiger partial charge >= 0.3 is 7.60 Å². The van der Waals surface area contributed by atoms with Crippen LogP contribution in [0.4, 0.5) is 0 Å². The standard InChI is InChI=1S/C29H47O5P/c1-12-29(13-2,35(31,33-10)34-11)24(30)18-17-20-19-23(28(6,7)8)26(32-9)25-21(20)15-14-16-22(25)27(3,4)5/h17-19,22H,12-16H2,1-11H3/b18-17+. The monoisotopic (exact) mass is 506 g/mol. The number of fused-ring (bicyclic) bond motifs is 1. The Morgan fingerprint density at radius 2 is 1.63 bits per heavy atom. The average molecular weight is 507 g/mol. The van der Waals surface area contributed by atoms with E-state index in [0.717, 1.165) is 36.1 Å². The van der Waals surface area contributed by atoms with E-state index in [1.165, 1.54) is 25.3 Å². The molecule has 1 unspecified atom stereocenters. The first-order valence-electron chi connectivity index (χ1n) is 12.9. The van der Waals surface area contributed by atoms with Gasteiger partial charge in [0.15, 0.2) is 5.78 Å². The van der Waals surface area contributed by atoms with Crippen LogP contribution in [-0.2, 0) is 30.2 Å². The molecule has 5 nitrogen and oxygen atoms in total. The quantitative estimate of drug-likeness (QED) is 0.250. The van der Waals surface area contributed by atoms with Crippen molar-refractivity contribution in [2.75, 3.05) is 21.3 Å². The maximum Gasteiger partial charge on any atom is 0.343 e. The second-order valence-corrected chi connectivity index (χ2v) is 14.4. The molecule has 0 aromatic heterocycles. The first-order chi connectivity index (χ1) is 16.2. The molecule has 0 radical (unpaired) electrons. The Balaban J connectivity index is 2.77. The molecule has 0 spiro atoms. The van der Waals surface area contributed by atoms with E-state index in [2.05, 4.69) is 47.6 Å². The van der Waals surface area contributed by atoms with Crippen LogP contribution in [0.3, 0.4) is 0 Å². The molecule has 0 fully saturated rings. The predicted molar refractivity (Wildman–Crippen MR) is 146 cm³/mol. The van der Waals surface area contributed by atoms with Gasteiger partial charge in [-0.15, -0.1) is 0 Å². The van der Waals surface area contributed by atoms with Crippen LogP contribution in [0.1, 0.15) is 109 Å². The second-order valence-electron chi connectivity index (χ2n) is 11.8. The van der Waals surface area contributed by atoms with E-state index in [4.69, 9.17) is 13.8 Å². The Morgan fingerprint density at radius 3 is 2.06 bits per heavy atom. The van der Waals surface area contributed by atoms with Crippen molar-refractivity contribution in [3.63, 3.8) is 0 Å². The number of hydrogen-bond acceptors (Lipinski definition) is 5. The molecule has 1 aliphatic carbocycles. The molecule has 198 valence electrons. The topological polar surface area (TPSA) is 61.8 Å². The fraction of sp³-hybridized carbons (Fsp3) is 0.690. The van der Waals surface area contributed by atoms with Crippen molar-refractivity contribution in [2.45, 2.75) is 104 Å². The Labute approximate surface area is 213 Å². The lowest BCUT2D eigenvalue weighted by atomic mass is 9.66. The lowest BCUT2D eigenvalue weighted by molar-refractivity contribution is -0.117. The van der Waals surface area contributed by atoms with Crippen molar-refractivity contribution in [3.8, 4) is 5.75 Å². The van der Waals surface area contributed by atoms with Crippen LogP contribution in [0, 0.1) is 5.41 Å². The van der Waals surface area contributed by atoms with Gasteiger partial charge in [-0.1, -0.05) is 61.5 Å². The normalized spacial score (nSPS) is 17.5. The van der Waals surface area contributed by atoms with Gasteiger partial charge in [0, 0.05) is 25.3 Å². The van der Waals surface area contributed by atoms with Gasteiger partial charge in [-0.05, 0) is 72.1 Å². The van der Waals surface area contributed by atoms with Gasteiger partial charge in [-0.25, -0.2) is 0 Å². The third-order valence-electron chi connectivity index (χ3n) is 7.84. The molecule has 35 heavy (non-hydrogen) atoms. The van der Waals surface area contributed by atoms with Crippen molar-refractivity contribution >= 4 is 19.5 Å². The molecule has 1 aliphatic rings. The second kappa shape index (κ2) is 10.9. The Hall–Kier alpha value is -1.42. The summed E-state index contributed by atoms with van der Waals surface area (Å²) in [6.07, 6.45) is 7.39. The van der Waals surface area contributed by atoms with E-state index in [-0.39, 0.29) is 16.6 Å². The van der Waals surface area contributed by atoms with Gasteiger partial charge in [0.2, 0.25) is 0 Å². The lowest BCUT2D eigenvalue weighted by Crippen LogP contribution is -2.37. The maximum atomic E-state index is 13.6. The zero-order valence-electron chi connectivity index (χ0n) is 23.8. The number of methoxy groups -OCH3 is 1. The molecule has 0 amide bonds. The molecule has 0 aliphatic heterocycles. The van der Waals surface area contributed by atoms with Crippen molar-refractivity contribution in [1.82, 2.24) is 0 Å². The van der Waals surface area contributed by atoms with Crippen LogP contribution in [0.25, 0.3) is 6.08 Å². The SMILES string of the molecule is CCC(CC)(C(=O)/C=C/c1cc(C(C)(C)C)c(OC)c2c1CCCC2C(C)(C)C)P(=O)(OC)OC. The molecule has 1 aromatic carbocycles. The number of benzene rings is 1. The minimum atomic E-state index is -3.62. The third kappa shape index (κ3) is 5.48. The van der Waals surface area contributed by atoms with Crippen molar-refractivity contribution in [3.05, 3.63) is 34.4 Å². The summed E-state index contributed by atoms with van der Waals surface area (Å²) in [6.45, 7) is 17.2. The van der Waals surface area contributed by atoms with E-state index in [0.29, 0.717) is 18.8 Å². The zero-order chi connectivity index (χ0) is 26.8. The summed E-state index contributed by atoms with van der Waals surface area (Å²) >= 11 is 0. The van der Waals surface area contributed by atoms with Crippen LogP contribution >= 0.6 is 7.60 Å². The fourth-order valence-corrected chi connectivity index (χ4v) is 7.64. The van der Waals surface area contributed by atoms with E-state index in [1.54, 1.807) is 13.2 Å². The summed E-state index contributed by atoms with van der Waals surface area (Å²) in [5.41, 5.74) is 4.66. The molecule has 1 aromatic rings. The molecule has 1 atom stereocenters. The fourth-order valence-electron chi connectivity index (χ4n) is 5.68. The summed E-state index contributed by atoms with van der Waals surface area (Å²) in [4.78, 5) is 13.6. The van der Waals surface area contributed by atoms with Gasteiger partial charge < -0.3 is 13.8 Å². The van der Waals surface area contributed by atoms with Crippen LogP contribution in [0.2, 0.25) is 0 Å². The highest BCUT2D eigenvalue weighted by molar-refractivity contribution is 7.56. The first kappa shape index (κ1) is 29.8. The molecular formula is C29H47O5P. The molecule has 0 bridgehead atoms. The van der Waals surface area contributed by atoms with Crippen molar-refractivity contribution in [1.29, 1.82) is 0 Å². The van der Waals surface area contributed by atoms with Crippen LogP contribution in [0.15, 0.2) is 12.1 Å². The van der Waals surface area contributed by atoms with Gasteiger partial charge in [0.1, 0.15) is 10.9 Å². The highest BCUT2D eigenvalue weighted by atomic mass is 31.2. The number of rotatable bonds is 9. The summed E-state index contributed by atoms with van der Waals surface area (Å²) < 4.78 is 30.1. The van der Waals surface area contributed by atoms with Gasteiger partial charge in [0.05, 0.1) is 7.11 Å². The Bertz CT molecular complexity index is 982. The van der Waals surface area contributed by atoms with E-state index >= 15 is 0 Å². The zero-order valence-corrected chi connectivity index (χ0v) is 24.7. The maximum absolute atomic E-state index is 13.6. The van der Waals surface area contributed by atoms with Gasteiger partial charge in [-0.3, -0.25) is 9.36 Å². The number of carbonyl (C=O) groups is 1. The summed E-state index contributed by atoms with van der Waals surface area (Å²) in [6, 6.07) is 2.18. The molecule has 0 saturated carbocycles. The average Bonchev–Trinajstić information content (AvgIpc) is 2.81. The summed E-state index contributed by atoms with van der Waals surface area (Å²) in [7, 11) is 0.843. The number of ether oxygens (including phenoxy) is 1. The van der Waals surface area contributed by atoms with Crippen LogP contribution in [0.5, 0.6) is 5.75 Å². The summed E-state index contributed by atoms with van der Waals surface area (Å²) in [5, 5.41) is -1.21. The summed E-state index contributed by atoms with van der Waals surface area (Å²) in [5.74, 6) is 1.12. The van der Waals surface area contributed by atoms with Crippen molar-refractivity contribution in [2.24, 2.45) is 5.41 Å². The molecule has 0 N–H and O–H groups in total. The number of ketones is 1. The van der Waals surface area contributed by atoms with Crippen molar-refractivity contribution < 1.29 is 23.1 Å². The van der Waals surface area contributed by atoms with E-state index in [1.807, 2.05) is 19.9 Å². The Morgan fingerprint density at radius 1 is 1.06 bits per heavy atom. The largest absolute Gasteiger partial charge is 0.496 e. The smallest absolute Gasteiger partial charge is 0.343 e. The van der Waals surface area contributed by atoms with Crippen LogP contribution in [-0.4, -0.2) is 32.3 Å². The molecular weight excluding hydrogens is 459 g/mol. The van der Waals surface area contributed by atoms with E-state index in [9.17, 15) is 9.36 Å². The lowest BCUT2D eigenvalue weighted by Gasteiger charge is -2.39. The molecule has 0 heterocycles. The molecule has 2 rings (SSSR count). The number of allylic oxidation sites excluding steroid dienone is 1. The Kier molecular flexibility index (Phi) is 9.29. The molecule has 6 heteroatoms. The highest BCUT2D eigenvalue weighted by Gasteiger charge is 2.52. The predicted octanol–water partition coefficient (Wildman–Crippen LogP) is 8.09. The minimum absolute atomic E-state index is 0.0822. The minimum Gasteiger partial charge on any atom is -0.496 e. The molecule has 0 saturated heterocycles. The van der Waals surface area contributed by atoms with Crippen LogP contribution < -0.4 is 4.74 Å². The first-order valence-corrected chi connectivity index (χ1v) is 14.4. The third-order valence-corrected chi connectivity index (χ3v) is 10.7.